The molecule has 0 unspecified atom stereocenters. The Kier molecular flexibility index (Phi) is 9.92. The highest BCUT2D eigenvalue weighted by molar-refractivity contribution is 8.14. The van der Waals surface area contributed by atoms with Gasteiger partial charge in [-0.25, -0.2) is 0 Å². The number of nitrogens with one attached hydrogen (secondary N) is 1. The molecule has 1 amide bonds. The summed E-state index contributed by atoms with van der Waals surface area (Å²) in [6.07, 6.45) is -3.47. The monoisotopic (exact) mass is 489 g/mol. The average molecular weight is 490 g/mol. The Labute approximate surface area is 198 Å². The van der Waals surface area contributed by atoms with Crippen molar-refractivity contribution in [3.8, 4) is 0 Å². The zero-order valence-electron chi connectivity index (χ0n) is 20.7. The maximum Gasteiger partial charge on any atom is 0.311 e. The van der Waals surface area contributed by atoms with E-state index in [4.69, 9.17) is 18.9 Å². The van der Waals surface area contributed by atoms with Crippen molar-refractivity contribution in [2.45, 2.75) is 92.1 Å². The molecule has 0 radical (unpaired) electrons. The smallest absolute Gasteiger partial charge is 0.311 e. The average Bonchev–Trinajstić information content (AvgIpc) is 2.61. The Balaban J connectivity index is 3.43. The summed E-state index contributed by atoms with van der Waals surface area (Å²) in [5, 5.41) is 2.32. The zero-order valence-corrected chi connectivity index (χ0v) is 21.5. The van der Waals surface area contributed by atoms with E-state index < -0.39 is 64.4 Å². The lowest BCUT2D eigenvalue weighted by Gasteiger charge is -2.45. The number of amides is 1. The Morgan fingerprint density at radius 2 is 1.39 bits per heavy atom. The first-order valence-corrected chi connectivity index (χ1v) is 11.5. The summed E-state index contributed by atoms with van der Waals surface area (Å²) in [4.78, 5) is 60.7. The van der Waals surface area contributed by atoms with Crippen LogP contribution in [0, 0.1) is 10.8 Å². The molecule has 10 nitrogen and oxygen atoms in total. The summed E-state index contributed by atoms with van der Waals surface area (Å²) >= 11 is 0.778. The molecule has 1 saturated heterocycles. The number of ether oxygens (including phenoxy) is 4. The Bertz CT molecular complexity index is 769. The van der Waals surface area contributed by atoms with Gasteiger partial charge in [0.1, 0.15) is 24.2 Å². The lowest BCUT2D eigenvalue weighted by atomic mass is 9.94. The summed E-state index contributed by atoms with van der Waals surface area (Å²) in [5.74, 6) is -2.28. The minimum Gasteiger partial charge on any atom is -0.462 e. The standard InChI is InChI=1S/C22H35NO9S/c1-11(24)23-15-17(30-12(2)25)16(32-20(28)22(7,8)9)14(31-18(15)33-13(3)26)10-29-19(27)21(4,5)6/h14-18H,10H2,1-9H3,(H,23,24)/t14-,15-,16+,17-,18+/m1/s1. The summed E-state index contributed by atoms with van der Waals surface area (Å²) in [7, 11) is 0. The Morgan fingerprint density at radius 1 is 0.848 bits per heavy atom. The summed E-state index contributed by atoms with van der Waals surface area (Å²) in [6, 6.07) is -1.01. The highest BCUT2D eigenvalue weighted by Gasteiger charge is 2.52. The van der Waals surface area contributed by atoms with Crippen molar-refractivity contribution in [2.24, 2.45) is 10.8 Å². The van der Waals surface area contributed by atoms with Gasteiger partial charge in [-0.2, -0.15) is 0 Å². The number of carbonyl (C=O) groups excluding carboxylic acids is 5. The van der Waals surface area contributed by atoms with Crippen LogP contribution in [0.4, 0.5) is 0 Å². The van der Waals surface area contributed by atoms with Crippen LogP contribution in [0.3, 0.4) is 0 Å². The van der Waals surface area contributed by atoms with Crippen molar-refractivity contribution in [3.05, 3.63) is 0 Å². The van der Waals surface area contributed by atoms with Gasteiger partial charge in [-0.15, -0.1) is 0 Å². The molecule has 1 N–H and O–H groups in total. The van der Waals surface area contributed by atoms with Gasteiger partial charge in [0, 0.05) is 20.8 Å². The molecular weight excluding hydrogens is 454 g/mol. The molecule has 188 valence electrons. The van der Waals surface area contributed by atoms with E-state index in [1.807, 2.05) is 0 Å². The molecule has 1 aliphatic heterocycles. The van der Waals surface area contributed by atoms with Gasteiger partial charge >= 0.3 is 17.9 Å². The third-order valence-corrected chi connectivity index (χ3v) is 5.42. The molecule has 1 aliphatic rings. The topological polar surface area (TPSA) is 134 Å². The number of hydrogen-bond donors (Lipinski definition) is 1. The van der Waals surface area contributed by atoms with Crippen molar-refractivity contribution >= 4 is 40.7 Å². The predicted octanol–water partition coefficient (Wildman–Crippen LogP) is 1.97. The fraction of sp³-hybridized carbons (Fsp3) is 0.773. The van der Waals surface area contributed by atoms with Crippen LogP contribution in [0.15, 0.2) is 0 Å². The molecule has 5 atom stereocenters. The fourth-order valence-electron chi connectivity index (χ4n) is 2.84. The minimum absolute atomic E-state index is 0.313. The Morgan fingerprint density at radius 3 is 1.82 bits per heavy atom. The van der Waals surface area contributed by atoms with Gasteiger partial charge in [0.15, 0.2) is 17.3 Å². The molecule has 0 aromatic rings. The van der Waals surface area contributed by atoms with Gasteiger partial charge in [0.05, 0.1) is 10.8 Å². The molecule has 0 spiro atoms. The van der Waals surface area contributed by atoms with Crippen LogP contribution in [0.25, 0.3) is 0 Å². The van der Waals surface area contributed by atoms with Crippen LogP contribution in [0.1, 0.15) is 62.3 Å². The number of hydrogen-bond acceptors (Lipinski definition) is 10. The first-order valence-electron chi connectivity index (χ1n) is 10.6. The second-order valence-electron chi connectivity index (χ2n) is 9.92. The molecule has 1 fully saturated rings. The SMILES string of the molecule is CC(=O)N[C@@H]1[C@@H](OC(C)=O)[C@@H](OC(=O)C(C)(C)C)[C@@H](COC(=O)C(C)(C)C)O[C@H]1SC(C)=O. The lowest BCUT2D eigenvalue weighted by molar-refractivity contribution is -0.217. The van der Waals surface area contributed by atoms with Crippen LogP contribution in [-0.2, 0) is 42.9 Å². The molecular formula is C22H35NO9S. The van der Waals surface area contributed by atoms with E-state index in [-0.39, 0.29) is 11.7 Å². The number of rotatable bonds is 6. The van der Waals surface area contributed by atoms with E-state index in [9.17, 15) is 24.0 Å². The van der Waals surface area contributed by atoms with Gasteiger partial charge in [-0.3, -0.25) is 24.0 Å². The van der Waals surface area contributed by atoms with Gasteiger partial charge in [0.2, 0.25) is 5.91 Å². The van der Waals surface area contributed by atoms with E-state index in [0.29, 0.717) is 0 Å². The van der Waals surface area contributed by atoms with E-state index in [1.54, 1.807) is 41.5 Å². The molecule has 1 heterocycles. The molecule has 1 rings (SSSR count). The van der Waals surface area contributed by atoms with Crippen LogP contribution in [0.2, 0.25) is 0 Å². The number of carbonyl (C=O) groups is 5. The van der Waals surface area contributed by atoms with E-state index in [1.165, 1.54) is 20.8 Å². The van der Waals surface area contributed by atoms with Gasteiger partial charge in [0.25, 0.3) is 0 Å². The number of esters is 3. The van der Waals surface area contributed by atoms with Crippen molar-refractivity contribution in [3.63, 3.8) is 0 Å². The summed E-state index contributed by atoms with van der Waals surface area (Å²) < 4.78 is 22.5. The maximum atomic E-state index is 12.7. The molecule has 0 bridgehead atoms. The normalized spacial score (nSPS) is 25.5. The number of thioether (sulfide) groups is 1. The molecule has 0 aromatic carbocycles. The Hall–Kier alpha value is -2.14. The van der Waals surface area contributed by atoms with Crippen LogP contribution in [0.5, 0.6) is 0 Å². The lowest BCUT2D eigenvalue weighted by Crippen LogP contribution is -2.65. The van der Waals surface area contributed by atoms with E-state index in [0.717, 1.165) is 11.8 Å². The van der Waals surface area contributed by atoms with Crippen molar-refractivity contribution in [1.29, 1.82) is 0 Å². The molecule has 0 aromatic heterocycles. The second kappa shape index (κ2) is 11.3. The minimum atomic E-state index is -1.21. The predicted molar refractivity (Wildman–Crippen MR) is 120 cm³/mol. The summed E-state index contributed by atoms with van der Waals surface area (Å²) in [6.45, 7) is 13.4. The first-order chi connectivity index (χ1) is 14.9. The van der Waals surface area contributed by atoms with Gasteiger partial charge < -0.3 is 24.3 Å². The van der Waals surface area contributed by atoms with E-state index in [2.05, 4.69) is 5.32 Å². The van der Waals surface area contributed by atoms with Crippen LogP contribution < -0.4 is 5.32 Å². The maximum absolute atomic E-state index is 12.7. The van der Waals surface area contributed by atoms with Gasteiger partial charge in [-0.1, -0.05) is 11.8 Å². The van der Waals surface area contributed by atoms with E-state index >= 15 is 0 Å². The zero-order chi connectivity index (χ0) is 25.7. The van der Waals surface area contributed by atoms with Crippen molar-refractivity contribution in [1.82, 2.24) is 5.32 Å². The molecule has 33 heavy (non-hydrogen) atoms. The highest BCUT2D eigenvalue weighted by Crippen LogP contribution is 2.34. The second-order valence-corrected chi connectivity index (χ2v) is 11.2. The van der Waals surface area contributed by atoms with Crippen molar-refractivity contribution < 1.29 is 42.9 Å². The molecule has 0 aliphatic carbocycles. The molecule has 11 heteroatoms. The van der Waals surface area contributed by atoms with Gasteiger partial charge in [-0.05, 0) is 41.5 Å². The van der Waals surface area contributed by atoms with Crippen LogP contribution >= 0.6 is 11.8 Å². The third-order valence-electron chi connectivity index (χ3n) is 4.45. The molecule has 0 saturated carbocycles. The van der Waals surface area contributed by atoms with Crippen molar-refractivity contribution in [2.75, 3.05) is 6.61 Å². The first kappa shape index (κ1) is 28.9. The third kappa shape index (κ3) is 8.96. The fourth-order valence-corrected chi connectivity index (χ4v) is 3.73. The highest BCUT2D eigenvalue weighted by atomic mass is 32.2. The quantitative estimate of drug-likeness (QED) is 0.436. The largest absolute Gasteiger partial charge is 0.462 e. The van der Waals surface area contributed by atoms with Crippen LogP contribution in [-0.4, -0.2) is 65.3 Å². The summed E-state index contributed by atoms with van der Waals surface area (Å²) in [5.41, 5.74) is -2.69.